The summed E-state index contributed by atoms with van der Waals surface area (Å²) < 4.78 is 5.89. The second-order valence-electron chi connectivity index (χ2n) is 6.78. The average Bonchev–Trinajstić information content (AvgIpc) is 2.61. The monoisotopic (exact) mass is 270 g/mol. The zero-order chi connectivity index (χ0) is 14.1. The molecule has 0 amide bonds. The van der Waals surface area contributed by atoms with E-state index in [9.17, 15) is 0 Å². The summed E-state index contributed by atoms with van der Waals surface area (Å²) in [6.45, 7) is 10.2. The minimum Gasteiger partial charge on any atom is -0.375 e. The molecule has 0 radical (unpaired) electrons. The maximum absolute atomic E-state index is 5.89. The largest absolute Gasteiger partial charge is 0.375 e. The molecule has 114 valence electrons. The normalized spacial score (nSPS) is 18.8. The number of ether oxygens (including phenoxy) is 1. The molecule has 2 N–H and O–H groups in total. The van der Waals surface area contributed by atoms with Gasteiger partial charge >= 0.3 is 0 Å². The van der Waals surface area contributed by atoms with Crippen LogP contribution in [0.15, 0.2) is 0 Å². The smallest absolute Gasteiger partial charge is 0.0600 e. The molecular formula is C16H34N2O. The van der Waals surface area contributed by atoms with Gasteiger partial charge in [-0.2, -0.15) is 0 Å². The Morgan fingerprint density at radius 3 is 2.21 bits per heavy atom. The fraction of sp³-hybridized carbons (Fsp3) is 1.00. The Hall–Kier alpha value is -0.120. The maximum Gasteiger partial charge on any atom is 0.0600 e. The van der Waals surface area contributed by atoms with Crippen LogP contribution in [-0.4, -0.2) is 42.8 Å². The van der Waals surface area contributed by atoms with E-state index in [-0.39, 0.29) is 5.60 Å². The van der Waals surface area contributed by atoms with Crippen LogP contribution in [0.25, 0.3) is 0 Å². The van der Waals surface area contributed by atoms with E-state index in [1.807, 2.05) is 0 Å². The van der Waals surface area contributed by atoms with E-state index in [0.717, 1.165) is 38.7 Å². The molecule has 1 fully saturated rings. The van der Waals surface area contributed by atoms with E-state index in [4.69, 9.17) is 10.5 Å². The van der Waals surface area contributed by atoms with Crippen LogP contribution < -0.4 is 5.73 Å². The van der Waals surface area contributed by atoms with Gasteiger partial charge in [0.05, 0.1) is 12.2 Å². The van der Waals surface area contributed by atoms with Crippen molar-refractivity contribution in [2.24, 2.45) is 5.73 Å². The molecule has 0 aliphatic heterocycles. The topological polar surface area (TPSA) is 38.5 Å². The Labute approximate surface area is 119 Å². The van der Waals surface area contributed by atoms with Crippen molar-refractivity contribution in [3.8, 4) is 0 Å². The van der Waals surface area contributed by atoms with Gasteiger partial charge in [0.2, 0.25) is 0 Å². The van der Waals surface area contributed by atoms with Gasteiger partial charge in [-0.05, 0) is 53.1 Å². The molecule has 0 bridgehead atoms. The zero-order valence-electron chi connectivity index (χ0n) is 13.3. The molecule has 19 heavy (non-hydrogen) atoms. The summed E-state index contributed by atoms with van der Waals surface area (Å²) in [7, 11) is 0. The highest BCUT2D eigenvalue weighted by Gasteiger charge is 2.20. The van der Waals surface area contributed by atoms with Crippen LogP contribution in [0.5, 0.6) is 0 Å². The second-order valence-corrected chi connectivity index (χ2v) is 6.78. The lowest BCUT2D eigenvalue weighted by Gasteiger charge is -2.32. The molecule has 3 nitrogen and oxygen atoms in total. The van der Waals surface area contributed by atoms with Crippen molar-refractivity contribution in [2.45, 2.75) is 77.4 Å². The Morgan fingerprint density at radius 2 is 1.68 bits per heavy atom. The van der Waals surface area contributed by atoms with Crippen molar-refractivity contribution in [1.29, 1.82) is 0 Å². The summed E-state index contributed by atoms with van der Waals surface area (Å²) in [6, 6.07) is 0.762. The molecule has 1 saturated carbocycles. The summed E-state index contributed by atoms with van der Waals surface area (Å²) in [5.74, 6) is 0. The Kier molecular flexibility index (Phi) is 7.96. The molecule has 0 spiro atoms. The third kappa shape index (κ3) is 7.91. The highest BCUT2D eigenvalue weighted by molar-refractivity contribution is 4.75. The fourth-order valence-corrected chi connectivity index (χ4v) is 2.86. The number of nitrogens with zero attached hydrogens (tertiary/aromatic N) is 1. The standard InChI is InChI=1S/C16H34N2O/c1-16(2,3)19-14-13-18(12-8-11-17)15-9-6-4-5-7-10-15/h15H,4-14,17H2,1-3H3. The van der Waals surface area contributed by atoms with Gasteiger partial charge in [0.1, 0.15) is 0 Å². The number of hydrogen-bond donors (Lipinski definition) is 1. The second kappa shape index (κ2) is 8.93. The Bertz CT molecular complexity index is 217. The minimum absolute atomic E-state index is 0.0248. The van der Waals surface area contributed by atoms with Crippen molar-refractivity contribution >= 4 is 0 Å². The van der Waals surface area contributed by atoms with Crippen molar-refractivity contribution in [3.63, 3.8) is 0 Å². The maximum atomic E-state index is 5.89. The molecule has 0 aromatic carbocycles. The molecule has 0 unspecified atom stereocenters. The Balaban J connectivity index is 2.40. The highest BCUT2D eigenvalue weighted by atomic mass is 16.5. The van der Waals surface area contributed by atoms with Gasteiger partial charge in [-0.25, -0.2) is 0 Å². The summed E-state index contributed by atoms with van der Waals surface area (Å²) in [5.41, 5.74) is 5.65. The van der Waals surface area contributed by atoms with E-state index in [0.29, 0.717) is 0 Å². The Morgan fingerprint density at radius 1 is 1.05 bits per heavy atom. The minimum atomic E-state index is -0.0248. The van der Waals surface area contributed by atoms with E-state index in [1.54, 1.807) is 0 Å². The van der Waals surface area contributed by atoms with E-state index in [1.165, 1.54) is 38.5 Å². The number of rotatable bonds is 7. The summed E-state index contributed by atoms with van der Waals surface area (Å²) in [5, 5.41) is 0. The van der Waals surface area contributed by atoms with Crippen LogP contribution in [0, 0.1) is 0 Å². The molecule has 3 heteroatoms. The molecular weight excluding hydrogens is 236 g/mol. The first kappa shape index (κ1) is 16.9. The van der Waals surface area contributed by atoms with Crippen molar-refractivity contribution < 1.29 is 4.74 Å². The van der Waals surface area contributed by atoms with Gasteiger partial charge in [0.15, 0.2) is 0 Å². The molecule has 0 atom stereocenters. The number of hydrogen-bond acceptors (Lipinski definition) is 3. The summed E-state index contributed by atoms with van der Waals surface area (Å²) in [4.78, 5) is 2.63. The predicted octanol–water partition coefficient (Wildman–Crippen LogP) is 3.18. The average molecular weight is 270 g/mol. The molecule has 0 aromatic rings. The van der Waals surface area contributed by atoms with Crippen LogP contribution in [0.4, 0.5) is 0 Å². The lowest BCUT2D eigenvalue weighted by Crippen LogP contribution is -2.40. The van der Waals surface area contributed by atoms with Gasteiger partial charge in [-0.1, -0.05) is 25.7 Å². The van der Waals surface area contributed by atoms with Gasteiger partial charge in [0.25, 0.3) is 0 Å². The molecule has 1 rings (SSSR count). The van der Waals surface area contributed by atoms with Gasteiger partial charge in [-0.3, -0.25) is 4.90 Å². The molecule has 0 aromatic heterocycles. The summed E-state index contributed by atoms with van der Waals surface area (Å²) >= 11 is 0. The van der Waals surface area contributed by atoms with E-state index in [2.05, 4.69) is 25.7 Å². The SMILES string of the molecule is CC(C)(C)OCCN(CCCN)C1CCCCCC1. The highest BCUT2D eigenvalue weighted by Crippen LogP contribution is 2.22. The van der Waals surface area contributed by atoms with Crippen LogP contribution >= 0.6 is 0 Å². The van der Waals surface area contributed by atoms with Crippen LogP contribution in [-0.2, 0) is 4.74 Å². The van der Waals surface area contributed by atoms with Gasteiger partial charge < -0.3 is 10.5 Å². The predicted molar refractivity (Wildman–Crippen MR) is 82.4 cm³/mol. The van der Waals surface area contributed by atoms with Crippen molar-refractivity contribution in [2.75, 3.05) is 26.2 Å². The zero-order valence-corrected chi connectivity index (χ0v) is 13.3. The summed E-state index contributed by atoms with van der Waals surface area (Å²) in [6.07, 6.45) is 9.44. The fourth-order valence-electron chi connectivity index (χ4n) is 2.86. The third-order valence-electron chi connectivity index (χ3n) is 3.90. The number of nitrogens with two attached hydrogens (primary N) is 1. The van der Waals surface area contributed by atoms with Crippen molar-refractivity contribution in [3.05, 3.63) is 0 Å². The molecule has 0 heterocycles. The van der Waals surface area contributed by atoms with Crippen molar-refractivity contribution in [1.82, 2.24) is 4.90 Å². The van der Waals surface area contributed by atoms with Crippen LogP contribution in [0.3, 0.4) is 0 Å². The van der Waals surface area contributed by atoms with E-state index < -0.39 is 0 Å². The molecule has 0 saturated heterocycles. The first-order valence-electron chi connectivity index (χ1n) is 8.11. The third-order valence-corrected chi connectivity index (χ3v) is 3.90. The molecule has 1 aliphatic carbocycles. The first-order chi connectivity index (χ1) is 9.03. The van der Waals surface area contributed by atoms with E-state index >= 15 is 0 Å². The lowest BCUT2D eigenvalue weighted by atomic mass is 10.1. The first-order valence-corrected chi connectivity index (χ1v) is 8.11. The molecule has 1 aliphatic rings. The van der Waals surface area contributed by atoms with Gasteiger partial charge in [0, 0.05) is 12.6 Å². The van der Waals surface area contributed by atoms with Crippen LogP contribution in [0.2, 0.25) is 0 Å². The van der Waals surface area contributed by atoms with Crippen LogP contribution in [0.1, 0.15) is 65.7 Å². The van der Waals surface area contributed by atoms with Gasteiger partial charge in [-0.15, -0.1) is 0 Å². The quantitative estimate of drug-likeness (QED) is 0.722. The lowest BCUT2D eigenvalue weighted by molar-refractivity contribution is -0.0186.